The number of thioether (sulfide) groups is 1. The predicted molar refractivity (Wildman–Crippen MR) is 126 cm³/mol. The first-order chi connectivity index (χ1) is 14.8. The van der Waals surface area contributed by atoms with Crippen LogP contribution in [0.4, 0.5) is 11.4 Å². The molecule has 1 amide bonds. The van der Waals surface area contributed by atoms with Gasteiger partial charge in [0, 0.05) is 15.6 Å². The number of nitrogens with zero attached hydrogens (tertiary/aromatic N) is 1. The molecule has 0 saturated carbocycles. The normalized spacial score (nSPS) is 11.1. The average Bonchev–Trinajstić information content (AvgIpc) is 2.77. The predicted octanol–water partition coefficient (Wildman–Crippen LogP) is 4.90. The van der Waals surface area contributed by atoms with Crippen LogP contribution < -0.4 is 14.4 Å². The Bertz CT molecular complexity index is 1170. The number of carbonyl (C=O) groups excluding carboxylic acids is 1. The molecule has 0 fully saturated rings. The minimum atomic E-state index is -4.04. The number of nitrogens with one attached hydrogen (secondary N) is 1. The maximum atomic E-state index is 13.4. The van der Waals surface area contributed by atoms with Gasteiger partial charge in [-0.2, -0.15) is 0 Å². The van der Waals surface area contributed by atoms with Crippen molar-refractivity contribution in [3.63, 3.8) is 0 Å². The van der Waals surface area contributed by atoms with Crippen LogP contribution in [-0.2, 0) is 14.8 Å². The number of hydrogen-bond donors (Lipinski definition) is 1. The molecule has 3 aromatic carbocycles. The first-order valence-electron chi connectivity index (χ1n) is 9.20. The number of anilines is 2. The number of rotatable bonds is 8. The number of benzene rings is 3. The van der Waals surface area contributed by atoms with Gasteiger partial charge in [-0.3, -0.25) is 9.10 Å². The van der Waals surface area contributed by atoms with Crippen molar-refractivity contribution in [3.8, 4) is 5.75 Å². The fraction of sp³-hybridized carbons (Fsp3) is 0.136. The monoisotopic (exact) mass is 476 g/mol. The van der Waals surface area contributed by atoms with Crippen LogP contribution in [0.3, 0.4) is 0 Å². The Labute approximate surface area is 191 Å². The summed E-state index contributed by atoms with van der Waals surface area (Å²) in [4.78, 5) is 13.8. The molecule has 0 radical (unpaired) electrons. The van der Waals surface area contributed by atoms with Crippen molar-refractivity contribution < 1.29 is 17.9 Å². The van der Waals surface area contributed by atoms with E-state index in [0.29, 0.717) is 16.5 Å². The first kappa shape index (κ1) is 23.0. The van der Waals surface area contributed by atoms with Gasteiger partial charge in [0.05, 0.1) is 17.7 Å². The third kappa shape index (κ3) is 5.72. The van der Waals surface area contributed by atoms with E-state index < -0.39 is 22.5 Å². The minimum Gasteiger partial charge on any atom is -0.497 e. The van der Waals surface area contributed by atoms with Gasteiger partial charge in [0.2, 0.25) is 5.91 Å². The van der Waals surface area contributed by atoms with E-state index in [1.54, 1.807) is 48.2 Å². The van der Waals surface area contributed by atoms with Crippen LogP contribution in [0.25, 0.3) is 0 Å². The zero-order valence-electron chi connectivity index (χ0n) is 16.9. The molecule has 31 heavy (non-hydrogen) atoms. The summed E-state index contributed by atoms with van der Waals surface area (Å²) in [5, 5.41) is 3.12. The van der Waals surface area contributed by atoms with Crippen LogP contribution in [-0.4, -0.2) is 34.2 Å². The van der Waals surface area contributed by atoms with E-state index in [9.17, 15) is 13.2 Å². The Hall–Kier alpha value is -2.68. The van der Waals surface area contributed by atoms with Gasteiger partial charge in [0.15, 0.2) is 0 Å². The lowest BCUT2D eigenvalue weighted by Crippen LogP contribution is -2.38. The van der Waals surface area contributed by atoms with Gasteiger partial charge in [0.25, 0.3) is 10.0 Å². The molecular formula is C22H21ClN2O4S2. The topological polar surface area (TPSA) is 75.7 Å². The SMILES string of the molecule is COc1ccc(S(=O)(=O)N(CC(=O)Nc2cccc(SC)c2)c2cccc(Cl)c2)cc1. The molecule has 0 aliphatic carbocycles. The molecule has 0 spiro atoms. The quantitative estimate of drug-likeness (QED) is 0.468. The summed E-state index contributed by atoms with van der Waals surface area (Å²) in [6.45, 7) is -0.418. The van der Waals surface area contributed by atoms with Gasteiger partial charge in [-0.25, -0.2) is 8.42 Å². The molecule has 0 atom stereocenters. The van der Waals surface area contributed by atoms with Crippen molar-refractivity contribution in [2.45, 2.75) is 9.79 Å². The first-order valence-corrected chi connectivity index (χ1v) is 12.2. The third-order valence-electron chi connectivity index (χ3n) is 4.38. The highest BCUT2D eigenvalue weighted by Gasteiger charge is 2.27. The molecule has 1 N–H and O–H groups in total. The fourth-order valence-electron chi connectivity index (χ4n) is 2.85. The van der Waals surface area contributed by atoms with Crippen LogP contribution >= 0.6 is 23.4 Å². The van der Waals surface area contributed by atoms with Gasteiger partial charge in [-0.15, -0.1) is 11.8 Å². The van der Waals surface area contributed by atoms with E-state index in [1.165, 1.54) is 25.3 Å². The number of halogens is 1. The standard InChI is InChI=1S/C22H21ClN2O4S2/c1-29-19-9-11-21(12-10-19)31(27,28)25(18-7-3-5-16(23)13-18)15-22(26)24-17-6-4-8-20(14-17)30-2/h3-14H,15H2,1-2H3,(H,24,26). The van der Waals surface area contributed by atoms with Gasteiger partial charge < -0.3 is 10.1 Å². The van der Waals surface area contributed by atoms with Gasteiger partial charge in [-0.1, -0.05) is 23.7 Å². The highest BCUT2D eigenvalue weighted by Crippen LogP contribution is 2.27. The summed E-state index contributed by atoms with van der Waals surface area (Å²) in [5.74, 6) is 0.0509. The number of hydrogen-bond acceptors (Lipinski definition) is 5. The fourth-order valence-corrected chi connectivity index (χ4v) is 4.91. The Kier molecular flexibility index (Phi) is 7.48. The molecule has 0 saturated heterocycles. The zero-order chi connectivity index (χ0) is 22.4. The van der Waals surface area contributed by atoms with Crippen LogP contribution in [0.1, 0.15) is 0 Å². The molecule has 0 heterocycles. The lowest BCUT2D eigenvalue weighted by atomic mass is 10.3. The van der Waals surface area contributed by atoms with Crippen molar-refractivity contribution in [1.82, 2.24) is 0 Å². The summed E-state index contributed by atoms with van der Waals surface area (Å²) in [5.41, 5.74) is 0.876. The summed E-state index contributed by atoms with van der Waals surface area (Å²) in [7, 11) is -2.54. The van der Waals surface area contributed by atoms with Gasteiger partial charge in [-0.05, 0) is 66.9 Å². The zero-order valence-corrected chi connectivity index (χ0v) is 19.3. The Morgan fingerprint density at radius 3 is 2.42 bits per heavy atom. The molecule has 0 aliphatic rings. The van der Waals surface area contributed by atoms with Crippen LogP contribution in [0.5, 0.6) is 5.75 Å². The number of carbonyl (C=O) groups is 1. The van der Waals surface area contributed by atoms with Crippen molar-refractivity contribution >= 4 is 50.7 Å². The van der Waals surface area contributed by atoms with Crippen molar-refractivity contribution in [1.29, 1.82) is 0 Å². The van der Waals surface area contributed by atoms with Crippen molar-refractivity contribution in [2.75, 3.05) is 29.5 Å². The second-order valence-electron chi connectivity index (χ2n) is 6.45. The van der Waals surface area contributed by atoms with Crippen molar-refractivity contribution in [2.24, 2.45) is 0 Å². The minimum absolute atomic E-state index is 0.0328. The second kappa shape index (κ2) is 10.1. The number of ether oxygens (including phenoxy) is 1. The summed E-state index contributed by atoms with van der Waals surface area (Å²) in [6.07, 6.45) is 1.93. The van der Waals surface area contributed by atoms with Gasteiger partial charge >= 0.3 is 0 Å². The van der Waals surface area contributed by atoms with Crippen LogP contribution in [0.2, 0.25) is 5.02 Å². The lowest BCUT2D eigenvalue weighted by molar-refractivity contribution is -0.114. The Balaban J connectivity index is 1.93. The lowest BCUT2D eigenvalue weighted by Gasteiger charge is -2.24. The molecule has 9 heteroatoms. The molecule has 3 rings (SSSR count). The molecule has 0 aliphatic heterocycles. The van der Waals surface area contributed by atoms with Gasteiger partial charge in [0.1, 0.15) is 12.3 Å². The third-order valence-corrected chi connectivity index (χ3v) is 7.13. The maximum Gasteiger partial charge on any atom is 0.264 e. The van der Waals surface area contributed by atoms with E-state index in [0.717, 1.165) is 9.20 Å². The van der Waals surface area contributed by atoms with E-state index in [1.807, 2.05) is 24.5 Å². The second-order valence-corrected chi connectivity index (χ2v) is 9.63. The maximum absolute atomic E-state index is 13.4. The number of methoxy groups -OCH3 is 1. The van der Waals surface area contributed by atoms with E-state index in [2.05, 4.69) is 5.32 Å². The molecule has 0 bridgehead atoms. The molecule has 0 unspecified atom stereocenters. The highest BCUT2D eigenvalue weighted by atomic mass is 35.5. The Morgan fingerprint density at radius 1 is 1.06 bits per heavy atom. The average molecular weight is 477 g/mol. The largest absolute Gasteiger partial charge is 0.497 e. The van der Waals surface area contributed by atoms with Crippen molar-refractivity contribution in [3.05, 3.63) is 77.8 Å². The number of sulfonamides is 1. The molecular weight excluding hydrogens is 456 g/mol. The molecule has 162 valence electrons. The molecule has 6 nitrogen and oxygen atoms in total. The Morgan fingerprint density at radius 2 is 1.77 bits per heavy atom. The molecule has 0 aromatic heterocycles. The van der Waals surface area contributed by atoms with E-state index in [-0.39, 0.29) is 10.6 Å². The smallest absolute Gasteiger partial charge is 0.264 e. The van der Waals surface area contributed by atoms with E-state index in [4.69, 9.17) is 16.3 Å². The number of amides is 1. The van der Waals surface area contributed by atoms with Crippen LogP contribution in [0, 0.1) is 0 Å². The summed E-state index contributed by atoms with van der Waals surface area (Å²) in [6, 6.07) is 19.7. The van der Waals surface area contributed by atoms with Crippen LogP contribution in [0.15, 0.2) is 82.6 Å². The van der Waals surface area contributed by atoms with E-state index >= 15 is 0 Å². The summed E-state index contributed by atoms with van der Waals surface area (Å²) < 4.78 is 32.9. The molecule has 3 aromatic rings. The summed E-state index contributed by atoms with van der Waals surface area (Å²) >= 11 is 7.63. The highest BCUT2D eigenvalue weighted by molar-refractivity contribution is 7.98.